The van der Waals surface area contributed by atoms with Gasteiger partial charge in [0.25, 0.3) is 0 Å². The van der Waals surface area contributed by atoms with Crippen LogP contribution in [0.25, 0.3) is 0 Å². The molecule has 3 fully saturated rings. The third-order valence-corrected chi connectivity index (χ3v) is 5.95. The number of amides is 2. The number of esters is 1. The molecule has 0 aromatic carbocycles. The molecule has 0 aromatic heterocycles. The van der Waals surface area contributed by atoms with Crippen molar-refractivity contribution in [3.05, 3.63) is 0 Å². The van der Waals surface area contributed by atoms with Crippen molar-refractivity contribution in [2.45, 2.75) is 45.1 Å². The number of rotatable bonds is 4. The lowest BCUT2D eigenvalue weighted by Gasteiger charge is -2.38. The summed E-state index contributed by atoms with van der Waals surface area (Å²) in [5, 5.41) is 1.39. The third-order valence-electron chi connectivity index (χ3n) is 5.95. The van der Waals surface area contributed by atoms with Gasteiger partial charge in [0.05, 0.1) is 31.6 Å². The number of hydrazine groups is 1. The number of carbonyl (C=O) groups excluding carboxylic acids is 3. The van der Waals surface area contributed by atoms with Crippen molar-refractivity contribution in [1.29, 1.82) is 0 Å². The zero-order valence-corrected chi connectivity index (χ0v) is 15.4. The standard InChI is InChI=1S/C18H28N2O6/c1-3-26-17(22)15-12-5-4-11(10-12)14(15)16(21)20(19-18(23)24-2)13-6-8-25-9-7-13/h11-15H,3-10H2,1-2H3,(H,19,23)/t11?,12?,14-,15-/m0/s1. The molecule has 1 N–H and O–H groups in total. The quantitative estimate of drug-likeness (QED) is 0.597. The largest absolute Gasteiger partial charge is 0.466 e. The fourth-order valence-electron chi connectivity index (χ4n) is 4.80. The highest BCUT2D eigenvalue weighted by molar-refractivity contribution is 5.88. The van der Waals surface area contributed by atoms with E-state index in [1.807, 2.05) is 0 Å². The van der Waals surface area contributed by atoms with Crippen molar-refractivity contribution in [3.63, 3.8) is 0 Å². The van der Waals surface area contributed by atoms with Gasteiger partial charge in [0.2, 0.25) is 5.91 Å². The maximum Gasteiger partial charge on any atom is 0.425 e. The lowest BCUT2D eigenvalue weighted by Crippen LogP contribution is -2.57. The average molecular weight is 368 g/mol. The minimum atomic E-state index is -0.680. The molecule has 146 valence electrons. The van der Waals surface area contributed by atoms with Crippen molar-refractivity contribution in [2.24, 2.45) is 23.7 Å². The van der Waals surface area contributed by atoms with Gasteiger partial charge in [0.15, 0.2) is 0 Å². The molecule has 2 saturated carbocycles. The summed E-state index contributed by atoms with van der Waals surface area (Å²) < 4.78 is 15.3. The molecule has 1 aliphatic heterocycles. The Kier molecular flexibility index (Phi) is 6.01. The first kappa shape index (κ1) is 18.9. The molecule has 8 heteroatoms. The van der Waals surface area contributed by atoms with Crippen LogP contribution in [0, 0.1) is 23.7 Å². The molecule has 0 spiro atoms. The van der Waals surface area contributed by atoms with Crippen molar-refractivity contribution in [1.82, 2.24) is 10.4 Å². The van der Waals surface area contributed by atoms with Gasteiger partial charge in [-0.1, -0.05) is 0 Å². The molecule has 1 heterocycles. The van der Waals surface area contributed by atoms with Gasteiger partial charge in [-0.25, -0.2) is 15.2 Å². The van der Waals surface area contributed by atoms with Gasteiger partial charge in [-0.3, -0.25) is 9.59 Å². The van der Waals surface area contributed by atoms with Crippen LogP contribution in [0.15, 0.2) is 0 Å². The topological polar surface area (TPSA) is 94.2 Å². The van der Waals surface area contributed by atoms with Gasteiger partial charge in [0, 0.05) is 13.2 Å². The van der Waals surface area contributed by atoms with E-state index in [0.29, 0.717) is 32.7 Å². The maximum atomic E-state index is 13.4. The van der Waals surface area contributed by atoms with Gasteiger partial charge in [-0.2, -0.15) is 0 Å². The number of nitrogens with zero attached hydrogens (tertiary/aromatic N) is 1. The van der Waals surface area contributed by atoms with Crippen LogP contribution in [0.2, 0.25) is 0 Å². The van der Waals surface area contributed by atoms with E-state index >= 15 is 0 Å². The number of carbonyl (C=O) groups is 3. The van der Waals surface area contributed by atoms with Gasteiger partial charge in [0.1, 0.15) is 0 Å². The molecule has 0 radical (unpaired) electrons. The second-order valence-electron chi connectivity index (χ2n) is 7.29. The maximum absolute atomic E-state index is 13.4. The molecule has 8 nitrogen and oxygen atoms in total. The van der Waals surface area contributed by atoms with Crippen LogP contribution in [0.5, 0.6) is 0 Å². The molecule has 2 bridgehead atoms. The highest BCUT2D eigenvalue weighted by atomic mass is 16.5. The van der Waals surface area contributed by atoms with E-state index in [4.69, 9.17) is 14.2 Å². The minimum Gasteiger partial charge on any atom is -0.466 e. The predicted octanol–water partition coefficient (Wildman–Crippen LogP) is 1.49. The van der Waals surface area contributed by atoms with Crippen LogP contribution in [0.3, 0.4) is 0 Å². The normalized spacial score (nSPS) is 30.7. The van der Waals surface area contributed by atoms with E-state index in [9.17, 15) is 14.4 Å². The summed E-state index contributed by atoms with van der Waals surface area (Å²) >= 11 is 0. The Bertz CT molecular complexity index is 548. The van der Waals surface area contributed by atoms with Crippen molar-refractivity contribution in [2.75, 3.05) is 26.9 Å². The highest BCUT2D eigenvalue weighted by Gasteiger charge is 2.56. The minimum absolute atomic E-state index is 0.155. The van der Waals surface area contributed by atoms with Crippen molar-refractivity contribution < 1.29 is 28.6 Å². The van der Waals surface area contributed by atoms with Crippen LogP contribution in [-0.2, 0) is 23.8 Å². The van der Waals surface area contributed by atoms with E-state index in [2.05, 4.69) is 5.43 Å². The summed E-state index contributed by atoms with van der Waals surface area (Å²) in [6.45, 7) is 3.15. The number of fused-ring (bicyclic) bond motifs is 2. The van der Waals surface area contributed by atoms with Gasteiger partial charge in [-0.15, -0.1) is 0 Å². The summed E-state index contributed by atoms with van der Waals surface area (Å²) in [7, 11) is 1.26. The van der Waals surface area contributed by atoms with Crippen LogP contribution in [-0.4, -0.2) is 56.0 Å². The fourth-order valence-corrected chi connectivity index (χ4v) is 4.80. The number of ether oxygens (including phenoxy) is 3. The van der Waals surface area contributed by atoms with Crippen molar-refractivity contribution >= 4 is 18.0 Å². The summed E-state index contributed by atoms with van der Waals surface area (Å²) in [6.07, 6.45) is 3.37. The van der Waals surface area contributed by atoms with E-state index in [1.54, 1.807) is 6.92 Å². The summed E-state index contributed by atoms with van der Waals surface area (Å²) in [6, 6.07) is -0.155. The van der Waals surface area contributed by atoms with Crippen LogP contribution in [0.1, 0.15) is 39.0 Å². The molecule has 2 aliphatic carbocycles. The first-order valence-electron chi connectivity index (χ1n) is 9.48. The lowest BCUT2D eigenvalue weighted by molar-refractivity contribution is -0.160. The monoisotopic (exact) mass is 368 g/mol. The Balaban J connectivity index is 1.81. The Morgan fingerprint density at radius 1 is 1.08 bits per heavy atom. The van der Waals surface area contributed by atoms with Crippen LogP contribution < -0.4 is 5.43 Å². The molecule has 2 amide bonds. The fraction of sp³-hybridized carbons (Fsp3) is 0.833. The molecule has 2 unspecified atom stereocenters. The number of hydrogen-bond donors (Lipinski definition) is 1. The first-order valence-corrected chi connectivity index (χ1v) is 9.48. The third kappa shape index (κ3) is 3.65. The van der Waals surface area contributed by atoms with Crippen LogP contribution >= 0.6 is 0 Å². The van der Waals surface area contributed by atoms with Gasteiger partial charge < -0.3 is 14.2 Å². The second-order valence-corrected chi connectivity index (χ2v) is 7.29. The molecule has 3 rings (SSSR count). The van der Waals surface area contributed by atoms with E-state index in [-0.39, 0.29) is 29.8 Å². The number of nitrogens with one attached hydrogen (secondary N) is 1. The summed E-state index contributed by atoms with van der Waals surface area (Å²) in [5.41, 5.74) is 2.58. The van der Waals surface area contributed by atoms with Gasteiger partial charge in [-0.05, 0) is 50.9 Å². The van der Waals surface area contributed by atoms with E-state index in [1.165, 1.54) is 12.1 Å². The molecule has 0 aromatic rings. The van der Waals surface area contributed by atoms with Gasteiger partial charge >= 0.3 is 12.1 Å². The zero-order chi connectivity index (χ0) is 18.7. The predicted molar refractivity (Wildman–Crippen MR) is 90.7 cm³/mol. The average Bonchev–Trinajstić information content (AvgIpc) is 3.27. The summed E-state index contributed by atoms with van der Waals surface area (Å²) in [4.78, 5) is 37.7. The Labute approximate surface area is 153 Å². The SMILES string of the molecule is CCOC(=O)[C@H]1C2CCC(C2)[C@@H]1C(=O)N(NC(=O)OC)C1CCOCC1. The van der Waals surface area contributed by atoms with E-state index < -0.39 is 17.9 Å². The lowest BCUT2D eigenvalue weighted by atomic mass is 9.78. The smallest absolute Gasteiger partial charge is 0.425 e. The Morgan fingerprint density at radius 2 is 1.73 bits per heavy atom. The first-order chi connectivity index (χ1) is 12.6. The Hall–Kier alpha value is -1.83. The molecular formula is C18H28N2O6. The number of hydrogen-bond acceptors (Lipinski definition) is 6. The van der Waals surface area contributed by atoms with Crippen LogP contribution in [0.4, 0.5) is 4.79 Å². The molecular weight excluding hydrogens is 340 g/mol. The molecule has 1 saturated heterocycles. The zero-order valence-electron chi connectivity index (χ0n) is 15.4. The number of methoxy groups -OCH3 is 1. The second kappa shape index (κ2) is 8.24. The van der Waals surface area contributed by atoms with E-state index in [0.717, 1.165) is 19.3 Å². The molecule has 26 heavy (non-hydrogen) atoms. The molecule has 3 aliphatic rings. The Morgan fingerprint density at radius 3 is 2.35 bits per heavy atom. The van der Waals surface area contributed by atoms with Crippen molar-refractivity contribution in [3.8, 4) is 0 Å². The highest BCUT2D eigenvalue weighted by Crippen LogP contribution is 2.53. The molecule has 4 atom stereocenters. The summed E-state index contributed by atoms with van der Waals surface area (Å²) in [5.74, 6) is -0.974.